The van der Waals surface area contributed by atoms with E-state index in [0.717, 1.165) is 37.7 Å². The highest BCUT2D eigenvalue weighted by molar-refractivity contribution is 6.30. The second-order valence-corrected chi connectivity index (χ2v) is 7.47. The van der Waals surface area contributed by atoms with E-state index in [1.807, 2.05) is 18.2 Å². The Hall–Kier alpha value is -1.59. The first-order valence-electron chi connectivity index (χ1n) is 8.30. The van der Waals surface area contributed by atoms with Gasteiger partial charge in [-0.1, -0.05) is 17.7 Å². The Morgan fingerprint density at radius 3 is 2.67 bits per heavy atom. The molecule has 2 aliphatic carbocycles. The number of amides is 1. The van der Waals surface area contributed by atoms with E-state index in [4.69, 9.17) is 27.5 Å². The highest BCUT2D eigenvalue weighted by Gasteiger charge is 2.52. The lowest BCUT2D eigenvalue weighted by Gasteiger charge is -2.41. The molecule has 130 valence electrons. The van der Waals surface area contributed by atoms with E-state index in [0.29, 0.717) is 5.02 Å². The first kappa shape index (κ1) is 17.2. The quantitative estimate of drug-likeness (QED) is 0.636. The fraction of sp³-hybridized carbons (Fsp3) is 0.556. The molecule has 3 N–H and O–H groups in total. The summed E-state index contributed by atoms with van der Waals surface area (Å²) in [5, 5.41) is 8.26. The van der Waals surface area contributed by atoms with Crippen molar-refractivity contribution >= 4 is 23.5 Å². The summed E-state index contributed by atoms with van der Waals surface area (Å²) in [6, 6.07) is 5.82. The number of rotatable bonds is 2. The fourth-order valence-electron chi connectivity index (χ4n) is 4.38. The number of hydrogen-bond acceptors (Lipinski definition) is 3. The van der Waals surface area contributed by atoms with Gasteiger partial charge in [0.25, 0.3) is 0 Å². The molecule has 24 heavy (non-hydrogen) atoms. The van der Waals surface area contributed by atoms with E-state index in [-0.39, 0.29) is 29.3 Å². The molecule has 3 rings (SSSR count). The number of hydrogen-bond donors (Lipinski definition) is 2. The minimum atomic E-state index is -0.294. The van der Waals surface area contributed by atoms with Gasteiger partial charge in [-0.3, -0.25) is 15.1 Å². The Bertz CT molecular complexity index is 668. The lowest BCUT2D eigenvalue weighted by Crippen LogP contribution is -2.46. The molecule has 1 spiro atoms. The van der Waals surface area contributed by atoms with Crippen molar-refractivity contribution in [3.8, 4) is 0 Å². The van der Waals surface area contributed by atoms with Gasteiger partial charge in [0.05, 0.1) is 12.0 Å². The number of nitrogens with zero attached hydrogens (tertiary/aromatic N) is 1. The molecule has 5 nitrogen and oxygen atoms in total. The van der Waals surface area contributed by atoms with Gasteiger partial charge in [0.2, 0.25) is 5.91 Å². The molecule has 0 aromatic heterocycles. The van der Waals surface area contributed by atoms with E-state index in [9.17, 15) is 4.79 Å². The van der Waals surface area contributed by atoms with Crippen molar-refractivity contribution in [3.63, 3.8) is 0 Å². The molecule has 0 radical (unpaired) electrons. The largest absolute Gasteiger partial charge is 0.381 e. The number of carbonyl (C=O) groups excluding carboxylic acids is 1. The molecule has 1 amide bonds. The number of fused-ring (bicyclic) bond motifs is 1. The van der Waals surface area contributed by atoms with Crippen LogP contribution in [-0.4, -0.2) is 37.0 Å². The van der Waals surface area contributed by atoms with Gasteiger partial charge in [-0.05, 0) is 60.8 Å². The first-order chi connectivity index (χ1) is 11.4. The minimum absolute atomic E-state index is 0.112. The van der Waals surface area contributed by atoms with E-state index >= 15 is 0 Å². The van der Waals surface area contributed by atoms with Crippen LogP contribution in [0, 0.1) is 10.8 Å². The van der Waals surface area contributed by atoms with Crippen LogP contribution in [0.1, 0.15) is 42.7 Å². The van der Waals surface area contributed by atoms with Gasteiger partial charge >= 0.3 is 0 Å². The predicted octanol–water partition coefficient (Wildman–Crippen LogP) is 2.91. The molecule has 1 atom stereocenters. The lowest BCUT2D eigenvalue weighted by molar-refractivity contribution is -0.132. The molecule has 0 saturated heterocycles. The van der Waals surface area contributed by atoms with Crippen LogP contribution in [0.25, 0.3) is 0 Å². The Morgan fingerprint density at radius 2 is 2.08 bits per heavy atom. The summed E-state index contributed by atoms with van der Waals surface area (Å²) < 4.78 is 5.50. The maximum Gasteiger partial charge on any atom is 0.237 e. The Balaban J connectivity index is 2.00. The molecule has 0 heterocycles. The number of nitrogens with one attached hydrogen (secondary N) is 1. The maximum atomic E-state index is 13.1. The third-order valence-corrected chi connectivity index (χ3v) is 6.01. The summed E-state index contributed by atoms with van der Waals surface area (Å²) in [5.41, 5.74) is 7.62. The third-order valence-electron chi connectivity index (χ3n) is 5.77. The van der Waals surface area contributed by atoms with Crippen LogP contribution in [0.4, 0.5) is 0 Å². The Labute approximate surface area is 147 Å². The van der Waals surface area contributed by atoms with Crippen LogP contribution in [0.3, 0.4) is 0 Å². The normalized spacial score (nSPS) is 28.6. The number of benzene rings is 1. The second kappa shape index (κ2) is 6.37. The van der Waals surface area contributed by atoms with Crippen molar-refractivity contribution in [2.75, 3.05) is 14.2 Å². The topological polar surface area (TPSA) is 79.4 Å². The molecule has 0 aliphatic heterocycles. The summed E-state index contributed by atoms with van der Waals surface area (Å²) in [5.74, 6) is -0.631. The molecule has 2 aliphatic rings. The average Bonchev–Trinajstić information content (AvgIpc) is 2.87. The van der Waals surface area contributed by atoms with Gasteiger partial charge in [-0.15, -0.1) is 0 Å². The fourth-order valence-corrected chi connectivity index (χ4v) is 4.56. The zero-order chi connectivity index (χ0) is 17.5. The molecule has 1 unspecified atom stereocenters. The number of ether oxygens (including phenoxy) is 1. The van der Waals surface area contributed by atoms with Crippen LogP contribution in [0.15, 0.2) is 18.2 Å². The summed E-state index contributed by atoms with van der Waals surface area (Å²) in [6.45, 7) is 0. The van der Waals surface area contributed by atoms with Crippen molar-refractivity contribution < 1.29 is 9.53 Å². The van der Waals surface area contributed by atoms with Crippen LogP contribution in [0.5, 0.6) is 0 Å². The van der Waals surface area contributed by atoms with Gasteiger partial charge in [-0.2, -0.15) is 0 Å². The molecular weight excluding hydrogens is 326 g/mol. The SMILES string of the molecule is COC1CCC2(CC1)Cc1ccc(Cl)cc1C2C(=O)N(C)C(=N)N. The molecule has 6 heteroatoms. The first-order valence-corrected chi connectivity index (χ1v) is 8.68. The number of nitrogens with two attached hydrogens (primary N) is 1. The van der Waals surface area contributed by atoms with E-state index in [2.05, 4.69) is 0 Å². The molecule has 1 saturated carbocycles. The Kier molecular flexibility index (Phi) is 4.58. The Morgan fingerprint density at radius 1 is 1.42 bits per heavy atom. The van der Waals surface area contributed by atoms with Crippen molar-refractivity contribution in [1.82, 2.24) is 4.90 Å². The van der Waals surface area contributed by atoms with Crippen LogP contribution < -0.4 is 5.73 Å². The van der Waals surface area contributed by atoms with Gasteiger partial charge in [0.1, 0.15) is 0 Å². The van der Waals surface area contributed by atoms with Crippen LogP contribution in [-0.2, 0) is 16.0 Å². The summed E-state index contributed by atoms with van der Waals surface area (Å²) in [7, 11) is 3.32. The van der Waals surface area contributed by atoms with E-state index < -0.39 is 0 Å². The highest BCUT2D eigenvalue weighted by Crippen LogP contribution is 2.56. The van der Waals surface area contributed by atoms with Gasteiger partial charge in [0, 0.05) is 19.2 Å². The maximum absolute atomic E-state index is 13.1. The number of guanidine groups is 1. The van der Waals surface area contributed by atoms with E-state index in [1.54, 1.807) is 14.2 Å². The summed E-state index contributed by atoms with van der Waals surface area (Å²) >= 11 is 6.20. The number of likely N-dealkylation sites (N-methyl/N-ethyl adjacent to an activating group) is 1. The molecule has 0 bridgehead atoms. The summed E-state index contributed by atoms with van der Waals surface area (Å²) in [4.78, 5) is 14.4. The zero-order valence-electron chi connectivity index (χ0n) is 14.1. The van der Waals surface area contributed by atoms with Crippen molar-refractivity contribution in [1.29, 1.82) is 5.41 Å². The second-order valence-electron chi connectivity index (χ2n) is 7.03. The van der Waals surface area contributed by atoms with Gasteiger partial charge in [-0.25, -0.2) is 0 Å². The molecule has 1 aromatic carbocycles. The summed E-state index contributed by atoms with van der Waals surface area (Å²) in [6.07, 6.45) is 4.90. The van der Waals surface area contributed by atoms with Crippen molar-refractivity contribution in [2.45, 2.75) is 44.1 Å². The lowest BCUT2D eigenvalue weighted by atomic mass is 9.65. The van der Waals surface area contributed by atoms with Crippen molar-refractivity contribution in [3.05, 3.63) is 34.3 Å². The van der Waals surface area contributed by atoms with Crippen LogP contribution in [0.2, 0.25) is 5.02 Å². The van der Waals surface area contributed by atoms with Gasteiger partial charge < -0.3 is 10.5 Å². The highest BCUT2D eigenvalue weighted by atomic mass is 35.5. The standard InChI is InChI=1S/C18H24ClN3O2/c1-22(17(20)21)16(23)15-14-9-12(19)4-3-11(14)10-18(15)7-5-13(24-2)6-8-18/h3-4,9,13,15H,5-8,10H2,1-2H3,(H3,20,21). The average molecular weight is 350 g/mol. The molecular formula is C18H24ClN3O2. The van der Waals surface area contributed by atoms with Crippen LogP contribution >= 0.6 is 11.6 Å². The minimum Gasteiger partial charge on any atom is -0.381 e. The predicted molar refractivity (Wildman–Crippen MR) is 94.3 cm³/mol. The monoisotopic (exact) mass is 349 g/mol. The van der Waals surface area contributed by atoms with Crippen molar-refractivity contribution in [2.24, 2.45) is 11.1 Å². The third kappa shape index (κ3) is 2.80. The van der Waals surface area contributed by atoms with Gasteiger partial charge in [0.15, 0.2) is 5.96 Å². The smallest absolute Gasteiger partial charge is 0.237 e. The number of methoxy groups -OCH3 is 1. The zero-order valence-corrected chi connectivity index (χ0v) is 14.9. The number of carbonyl (C=O) groups is 1. The molecule has 1 fully saturated rings. The van der Waals surface area contributed by atoms with E-state index in [1.165, 1.54) is 10.5 Å². The number of halogens is 1. The molecule has 1 aromatic rings.